The topological polar surface area (TPSA) is 53.5 Å². The Kier molecular flexibility index (Phi) is 3.63. The highest BCUT2D eigenvalue weighted by molar-refractivity contribution is 7.88. The van der Waals surface area contributed by atoms with E-state index in [1.807, 2.05) is 11.3 Å². The standard InChI is InChI=1S/C12H19N3O2S2/c1-19(16,17)15-7-5-14(6-8-15)9-12-13-10-3-2-4-11(10)18-12/h2-9H2,1H3. The van der Waals surface area contributed by atoms with Crippen molar-refractivity contribution >= 4 is 21.4 Å². The van der Waals surface area contributed by atoms with Crippen molar-refractivity contribution in [3.8, 4) is 0 Å². The van der Waals surface area contributed by atoms with Crippen LogP contribution in [0.4, 0.5) is 0 Å². The molecule has 0 amide bonds. The fourth-order valence-corrected chi connectivity index (χ4v) is 4.75. The van der Waals surface area contributed by atoms with E-state index in [-0.39, 0.29) is 0 Å². The summed E-state index contributed by atoms with van der Waals surface area (Å²) in [5, 5.41) is 1.19. The van der Waals surface area contributed by atoms with Gasteiger partial charge >= 0.3 is 0 Å². The lowest BCUT2D eigenvalue weighted by atomic mass is 10.3. The molecule has 1 saturated heterocycles. The maximum atomic E-state index is 11.4. The fraction of sp³-hybridized carbons (Fsp3) is 0.750. The molecule has 1 aromatic heterocycles. The van der Waals surface area contributed by atoms with Crippen LogP contribution in [-0.2, 0) is 29.4 Å². The molecule has 0 spiro atoms. The molecule has 0 saturated carbocycles. The predicted molar refractivity (Wildman–Crippen MR) is 75.8 cm³/mol. The van der Waals surface area contributed by atoms with Crippen LogP contribution in [0, 0.1) is 0 Å². The molecule has 1 fully saturated rings. The summed E-state index contributed by atoms with van der Waals surface area (Å²) in [4.78, 5) is 8.46. The number of sulfonamides is 1. The molecule has 5 nitrogen and oxygen atoms in total. The highest BCUT2D eigenvalue weighted by Gasteiger charge is 2.24. The Morgan fingerprint density at radius 1 is 1.21 bits per heavy atom. The van der Waals surface area contributed by atoms with Crippen molar-refractivity contribution in [1.82, 2.24) is 14.2 Å². The van der Waals surface area contributed by atoms with Crippen LogP contribution in [0.5, 0.6) is 0 Å². The molecular weight excluding hydrogens is 282 g/mol. The number of nitrogens with zero attached hydrogens (tertiary/aromatic N) is 3. The summed E-state index contributed by atoms with van der Waals surface area (Å²) < 4.78 is 24.4. The van der Waals surface area contributed by atoms with Gasteiger partial charge in [-0.15, -0.1) is 11.3 Å². The Morgan fingerprint density at radius 3 is 2.58 bits per heavy atom. The van der Waals surface area contributed by atoms with Gasteiger partial charge in [0.1, 0.15) is 5.01 Å². The zero-order valence-corrected chi connectivity index (χ0v) is 12.8. The van der Waals surface area contributed by atoms with Gasteiger partial charge in [-0.2, -0.15) is 4.31 Å². The van der Waals surface area contributed by atoms with Crippen LogP contribution in [0.1, 0.15) is 22.0 Å². The first-order valence-corrected chi connectivity index (χ1v) is 9.34. The maximum Gasteiger partial charge on any atom is 0.211 e. The van der Waals surface area contributed by atoms with Crippen LogP contribution in [0.2, 0.25) is 0 Å². The lowest BCUT2D eigenvalue weighted by Crippen LogP contribution is -2.47. The second-order valence-electron chi connectivity index (χ2n) is 5.27. The zero-order valence-electron chi connectivity index (χ0n) is 11.1. The number of aryl methyl sites for hydroxylation is 2. The van der Waals surface area contributed by atoms with Gasteiger partial charge in [0.25, 0.3) is 0 Å². The first kappa shape index (κ1) is 13.5. The van der Waals surface area contributed by atoms with E-state index in [2.05, 4.69) is 4.90 Å². The molecule has 1 aromatic rings. The molecule has 2 heterocycles. The largest absolute Gasteiger partial charge is 0.294 e. The van der Waals surface area contributed by atoms with Crippen LogP contribution in [0.3, 0.4) is 0 Å². The van der Waals surface area contributed by atoms with Crippen molar-refractivity contribution in [2.24, 2.45) is 0 Å². The van der Waals surface area contributed by atoms with Gasteiger partial charge in [-0.3, -0.25) is 4.90 Å². The van der Waals surface area contributed by atoms with Gasteiger partial charge in [0, 0.05) is 31.1 Å². The molecule has 0 bridgehead atoms. The second-order valence-corrected chi connectivity index (χ2v) is 8.42. The normalized spacial score (nSPS) is 21.7. The van der Waals surface area contributed by atoms with Gasteiger partial charge in [0.2, 0.25) is 10.0 Å². The van der Waals surface area contributed by atoms with Crippen LogP contribution in [0.25, 0.3) is 0 Å². The molecule has 0 unspecified atom stereocenters. The number of hydrogen-bond acceptors (Lipinski definition) is 5. The van der Waals surface area contributed by atoms with E-state index in [1.54, 1.807) is 4.31 Å². The van der Waals surface area contributed by atoms with E-state index < -0.39 is 10.0 Å². The summed E-state index contributed by atoms with van der Waals surface area (Å²) in [5.41, 5.74) is 1.30. The third-order valence-corrected chi connectivity index (χ3v) is 6.24. The van der Waals surface area contributed by atoms with E-state index in [0.717, 1.165) is 26.1 Å². The van der Waals surface area contributed by atoms with E-state index in [0.29, 0.717) is 13.1 Å². The molecule has 0 aromatic carbocycles. The fourth-order valence-electron chi connectivity index (χ4n) is 2.72. The SMILES string of the molecule is CS(=O)(=O)N1CCN(Cc2nc3c(s2)CCC3)CC1. The molecule has 19 heavy (non-hydrogen) atoms. The highest BCUT2D eigenvalue weighted by atomic mass is 32.2. The first-order valence-electron chi connectivity index (χ1n) is 6.67. The number of piperazine rings is 1. The monoisotopic (exact) mass is 301 g/mol. The Hall–Kier alpha value is -0.500. The summed E-state index contributed by atoms with van der Waals surface area (Å²) in [5.74, 6) is 0. The first-order chi connectivity index (χ1) is 9.02. The molecule has 0 atom stereocenters. The quantitative estimate of drug-likeness (QED) is 0.825. The Balaban J connectivity index is 1.57. The molecular formula is C12H19N3O2S2. The molecule has 3 rings (SSSR count). The zero-order chi connectivity index (χ0) is 13.5. The Labute approximate surface area is 118 Å². The van der Waals surface area contributed by atoms with Gasteiger partial charge in [0.15, 0.2) is 0 Å². The van der Waals surface area contributed by atoms with E-state index >= 15 is 0 Å². The van der Waals surface area contributed by atoms with E-state index in [9.17, 15) is 8.42 Å². The average Bonchev–Trinajstić information content (AvgIpc) is 2.89. The van der Waals surface area contributed by atoms with Gasteiger partial charge in [0.05, 0.1) is 18.5 Å². The number of thiazole rings is 1. The Morgan fingerprint density at radius 2 is 1.95 bits per heavy atom. The Bertz CT molecular complexity index is 538. The van der Waals surface area contributed by atoms with Crippen LogP contribution in [0.15, 0.2) is 0 Å². The lowest BCUT2D eigenvalue weighted by Gasteiger charge is -2.32. The lowest BCUT2D eigenvalue weighted by molar-refractivity contribution is 0.182. The van der Waals surface area contributed by atoms with E-state index in [4.69, 9.17) is 4.98 Å². The number of aromatic nitrogens is 1. The second kappa shape index (κ2) is 5.12. The molecule has 2 aliphatic rings. The minimum Gasteiger partial charge on any atom is -0.294 e. The van der Waals surface area contributed by atoms with Crippen molar-refractivity contribution in [2.45, 2.75) is 25.8 Å². The van der Waals surface area contributed by atoms with Crippen molar-refractivity contribution in [2.75, 3.05) is 32.4 Å². The number of fused-ring (bicyclic) bond motifs is 1. The molecule has 1 aliphatic heterocycles. The smallest absolute Gasteiger partial charge is 0.211 e. The summed E-state index contributed by atoms with van der Waals surface area (Å²) in [7, 11) is -3.03. The summed E-state index contributed by atoms with van der Waals surface area (Å²) in [6.07, 6.45) is 4.86. The van der Waals surface area contributed by atoms with Crippen molar-refractivity contribution < 1.29 is 8.42 Å². The molecule has 106 valence electrons. The molecule has 0 radical (unpaired) electrons. The third kappa shape index (κ3) is 2.99. The average molecular weight is 301 g/mol. The van der Waals surface area contributed by atoms with Crippen molar-refractivity contribution in [3.63, 3.8) is 0 Å². The van der Waals surface area contributed by atoms with Crippen molar-refractivity contribution in [1.29, 1.82) is 0 Å². The van der Waals surface area contributed by atoms with Crippen LogP contribution < -0.4 is 0 Å². The van der Waals surface area contributed by atoms with Crippen LogP contribution >= 0.6 is 11.3 Å². The maximum absolute atomic E-state index is 11.4. The third-order valence-electron chi connectivity index (χ3n) is 3.80. The number of rotatable bonds is 3. The van der Waals surface area contributed by atoms with E-state index in [1.165, 1.54) is 34.7 Å². The molecule has 7 heteroatoms. The molecule has 0 N–H and O–H groups in total. The van der Waals surface area contributed by atoms with Gasteiger partial charge in [-0.25, -0.2) is 13.4 Å². The van der Waals surface area contributed by atoms with Gasteiger partial charge in [-0.05, 0) is 19.3 Å². The van der Waals surface area contributed by atoms with Gasteiger partial charge < -0.3 is 0 Å². The minimum absolute atomic E-state index is 0.601. The van der Waals surface area contributed by atoms with Crippen molar-refractivity contribution in [3.05, 3.63) is 15.6 Å². The highest BCUT2D eigenvalue weighted by Crippen LogP contribution is 2.28. The predicted octanol–water partition coefficient (Wildman–Crippen LogP) is 0.709. The summed E-state index contributed by atoms with van der Waals surface area (Å²) in [6, 6.07) is 0. The molecule has 1 aliphatic carbocycles. The summed E-state index contributed by atoms with van der Waals surface area (Å²) >= 11 is 1.84. The van der Waals surface area contributed by atoms with Crippen LogP contribution in [-0.4, -0.2) is 55.0 Å². The van der Waals surface area contributed by atoms with Gasteiger partial charge in [-0.1, -0.05) is 0 Å². The summed E-state index contributed by atoms with van der Waals surface area (Å²) in [6.45, 7) is 3.68. The minimum atomic E-state index is -3.03. The number of hydrogen-bond donors (Lipinski definition) is 0.